The van der Waals surface area contributed by atoms with Crippen molar-refractivity contribution in [2.75, 3.05) is 34.2 Å². The van der Waals surface area contributed by atoms with Gasteiger partial charge in [0.2, 0.25) is 0 Å². The predicted octanol–water partition coefficient (Wildman–Crippen LogP) is 3.42. The SMILES string of the molecule is CCCc1ccc(C2=CCN(C)CC2)c(CN(C)C)c1. The van der Waals surface area contributed by atoms with Crippen LogP contribution in [0.4, 0.5) is 0 Å². The zero-order valence-corrected chi connectivity index (χ0v) is 13.4. The molecule has 1 aliphatic heterocycles. The van der Waals surface area contributed by atoms with Gasteiger partial charge in [-0.1, -0.05) is 37.6 Å². The maximum absolute atomic E-state index is 2.41. The Labute approximate surface area is 124 Å². The summed E-state index contributed by atoms with van der Waals surface area (Å²) in [5.74, 6) is 0. The fraction of sp³-hybridized carbons (Fsp3) is 0.556. The molecule has 0 aromatic heterocycles. The van der Waals surface area contributed by atoms with E-state index in [4.69, 9.17) is 0 Å². The number of hydrogen-bond acceptors (Lipinski definition) is 2. The summed E-state index contributed by atoms with van der Waals surface area (Å²) in [5, 5.41) is 0. The van der Waals surface area contributed by atoms with Gasteiger partial charge in [-0.3, -0.25) is 0 Å². The molecule has 0 N–H and O–H groups in total. The summed E-state index contributed by atoms with van der Waals surface area (Å²) >= 11 is 0. The van der Waals surface area contributed by atoms with Crippen molar-refractivity contribution in [2.45, 2.75) is 32.7 Å². The molecule has 0 bridgehead atoms. The molecule has 0 radical (unpaired) electrons. The summed E-state index contributed by atoms with van der Waals surface area (Å²) in [5.41, 5.74) is 5.95. The molecule has 0 atom stereocenters. The van der Waals surface area contributed by atoms with Crippen LogP contribution in [0.2, 0.25) is 0 Å². The topological polar surface area (TPSA) is 6.48 Å². The summed E-state index contributed by atoms with van der Waals surface area (Å²) < 4.78 is 0. The molecular formula is C18H28N2. The molecule has 0 spiro atoms. The van der Waals surface area contributed by atoms with Gasteiger partial charge in [0.25, 0.3) is 0 Å². The summed E-state index contributed by atoms with van der Waals surface area (Å²) in [6, 6.07) is 7.08. The van der Waals surface area contributed by atoms with Gasteiger partial charge >= 0.3 is 0 Å². The molecule has 2 rings (SSSR count). The average molecular weight is 272 g/mol. The zero-order valence-electron chi connectivity index (χ0n) is 13.4. The first-order chi connectivity index (χ1) is 9.60. The lowest BCUT2D eigenvalue weighted by molar-refractivity contribution is 0.369. The van der Waals surface area contributed by atoms with Crippen LogP contribution in [0.3, 0.4) is 0 Å². The molecule has 1 heterocycles. The molecule has 1 aromatic rings. The maximum Gasteiger partial charge on any atom is 0.0233 e. The van der Waals surface area contributed by atoms with Crippen LogP contribution in [0.15, 0.2) is 24.3 Å². The van der Waals surface area contributed by atoms with Crippen molar-refractivity contribution in [2.24, 2.45) is 0 Å². The molecule has 20 heavy (non-hydrogen) atoms. The molecule has 110 valence electrons. The fourth-order valence-electron chi connectivity index (χ4n) is 2.89. The first-order valence-electron chi connectivity index (χ1n) is 7.74. The highest BCUT2D eigenvalue weighted by Crippen LogP contribution is 2.27. The number of hydrogen-bond donors (Lipinski definition) is 0. The molecule has 0 aliphatic carbocycles. The van der Waals surface area contributed by atoms with Crippen LogP contribution < -0.4 is 0 Å². The van der Waals surface area contributed by atoms with Crippen molar-refractivity contribution in [3.8, 4) is 0 Å². The quantitative estimate of drug-likeness (QED) is 0.810. The molecule has 0 fully saturated rings. The van der Waals surface area contributed by atoms with Gasteiger partial charge in [-0.2, -0.15) is 0 Å². The number of nitrogens with zero attached hydrogens (tertiary/aromatic N) is 2. The van der Waals surface area contributed by atoms with E-state index in [-0.39, 0.29) is 0 Å². The molecule has 1 aliphatic rings. The zero-order chi connectivity index (χ0) is 14.5. The molecule has 2 nitrogen and oxygen atoms in total. The average Bonchev–Trinajstić information content (AvgIpc) is 2.40. The van der Waals surface area contributed by atoms with E-state index in [1.807, 2.05) is 0 Å². The van der Waals surface area contributed by atoms with Gasteiger partial charge in [-0.05, 0) is 56.2 Å². The smallest absolute Gasteiger partial charge is 0.0233 e. The lowest BCUT2D eigenvalue weighted by Crippen LogP contribution is -2.24. The minimum absolute atomic E-state index is 1.03. The lowest BCUT2D eigenvalue weighted by atomic mass is 9.92. The van der Waals surface area contributed by atoms with Crippen molar-refractivity contribution in [1.29, 1.82) is 0 Å². The Morgan fingerprint density at radius 3 is 2.65 bits per heavy atom. The van der Waals surface area contributed by atoms with Crippen molar-refractivity contribution < 1.29 is 0 Å². The monoisotopic (exact) mass is 272 g/mol. The minimum atomic E-state index is 1.03. The molecule has 2 heteroatoms. The van der Waals surface area contributed by atoms with Crippen molar-refractivity contribution in [3.63, 3.8) is 0 Å². The highest BCUT2D eigenvalue weighted by molar-refractivity contribution is 5.69. The van der Waals surface area contributed by atoms with Crippen LogP contribution in [0, 0.1) is 0 Å². The third-order valence-corrected chi connectivity index (χ3v) is 3.95. The van der Waals surface area contributed by atoms with E-state index >= 15 is 0 Å². The summed E-state index contributed by atoms with van der Waals surface area (Å²) in [4.78, 5) is 4.64. The number of benzene rings is 1. The second-order valence-corrected chi connectivity index (χ2v) is 6.22. The van der Waals surface area contributed by atoms with E-state index in [1.165, 1.54) is 48.1 Å². The van der Waals surface area contributed by atoms with E-state index in [1.54, 1.807) is 0 Å². The van der Waals surface area contributed by atoms with Gasteiger partial charge < -0.3 is 9.80 Å². The van der Waals surface area contributed by atoms with Crippen LogP contribution in [0.1, 0.15) is 36.5 Å². The second-order valence-electron chi connectivity index (χ2n) is 6.22. The minimum Gasteiger partial charge on any atom is -0.305 e. The van der Waals surface area contributed by atoms with E-state index in [9.17, 15) is 0 Å². The number of aryl methyl sites for hydroxylation is 1. The van der Waals surface area contributed by atoms with Gasteiger partial charge in [-0.15, -0.1) is 0 Å². The molecular weight excluding hydrogens is 244 g/mol. The van der Waals surface area contributed by atoms with Crippen LogP contribution in [-0.2, 0) is 13.0 Å². The Balaban J connectivity index is 2.30. The first-order valence-corrected chi connectivity index (χ1v) is 7.74. The van der Waals surface area contributed by atoms with Gasteiger partial charge in [0.05, 0.1) is 0 Å². The van der Waals surface area contributed by atoms with E-state index in [0.29, 0.717) is 0 Å². The molecule has 0 unspecified atom stereocenters. The van der Waals surface area contributed by atoms with Crippen LogP contribution in [0.25, 0.3) is 5.57 Å². The Morgan fingerprint density at radius 2 is 2.05 bits per heavy atom. The Hall–Kier alpha value is -1.12. The Morgan fingerprint density at radius 1 is 1.25 bits per heavy atom. The highest BCUT2D eigenvalue weighted by atomic mass is 15.1. The first kappa shape index (κ1) is 15.3. The van der Waals surface area contributed by atoms with Gasteiger partial charge in [-0.25, -0.2) is 0 Å². The van der Waals surface area contributed by atoms with Crippen LogP contribution >= 0.6 is 0 Å². The Kier molecular flexibility index (Phi) is 5.38. The van der Waals surface area contributed by atoms with Gasteiger partial charge in [0, 0.05) is 19.6 Å². The highest BCUT2D eigenvalue weighted by Gasteiger charge is 2.13. The van der Waals surface area contributed by atoms with E-state index in [0.717, 1.165) is 13.1 Å². The molecule has 1 aromatic carbocycles. The predicted molar refractivity (Wildman–Crippen MR) is 87.9 cm³/mol. The van der Waals surface area contributed by atoms with Gasteiger partial charge in [0.1, 0.15) is 0 Å². The maximum atomic E-state index is 2.41. The van der Waals surface area contributed by atoms with Crippen molar-refractivity contribution in [3.05, 3.63) is 41.0 Å². The third-order valence-electron chi connectivity index (χ3n) is 3.95. The van der Waals surface area contributed by atoms with Gasteiger partial charge in [0.15, 0.2) is 0 Å². The third kappa shape index (κ3) is 3.94. The number of likely N-dealkylation sites (N-methyl/N-ethyl adjacent to an activating group) is 1. The largest absolute Gasteiger partial charge is 0.305 e. The summed E-state index contributed by atoms with van der Waals surface area (Å²) in [7, 11) is 6.50. The van der Waals surface area contributed by atoms with Crippen molar-refractivity contribution >= 4 is 5.57 Å². The molecule has 0 saturated carbocycles. The normalized spacial score (nSPS) is 16.6. The lowest BCUT2D eigenvalue weighted by Gasteiger charge is -2.24. The van der Waals surface area contributed by atoms with Crippen molar-refractivity contribution in [1.82, 2.24) is 9.80 Å². The summed E-state index contributed by atoms with van der Waals surface area (Å²) in [6.07, 6.45) is 5.97. The second kappa shape index (κ2) is 7.05. The Bertz CT molecular complexity index is 474. The number of rotatable bonds is 5. The van der Waals surface area contributed by atoms with E-state index in [2.05, 4.69) is 62.1 Å². The fourth-order valence-corrected chi connectivity index (χ4v) is 2.89. The molecule has 0 saturated heterocycles. The van der Waals surface area contributed by atoms with Crippen LogP contribution in [-0.4, -0.2) is 44.0 Å². The van der Waals surface area contributed by atoms with Crippen LogP contribution in [0.5, 0.6) is 0 Å². The van der Waals surface area contributed by atoms with E-state index < -0.39 is 0 Å². The molecule has 0 amide bonds. The standard InChI is InChI=1S/C18H28N2/c1-5-6-15-7-8-18(17(13-15)14-19(2)3)16-9-11-20(4)12-10-16/h7-9,13H,5-6,10-12,14H2,1-4H3. The summed E-state index contributed by atoms with van der Waals surface area (Å²) in [6.45, 7) is 5.52.